The molecule has 4 aromatic rings. The number of amides is 3. The SMILES string of the molecule is Cc1ccc(NC(=O)CC2C(=O)Nc3ccccc3N2C(=O)c2oc3ccccc3c2C)cc1C. The molecule has 3 amide bonds. The summed E-state index contributed by atoms with van der Waals surface area (Å²) in [5.74, 6) is -1.12. The van der Waals surface area contributed by atoms with E-state index in [1.54, 1.807) is 30.3 Å². The number of nitrogens with zero attached hydrogens (tertiary/aromatic N) is 1. The van der Waals surface area contributed by atoms with Crippen molar-refractivity contribution in [2.45, 2.75) is 33.2 Å². The average Bonchev–Trinajstić information content (AvgIpc) is 3.18. The van der Waals surface area contributed by atoms with Crippen molar-refractivity contribution < 1.29 is 18.8 Å². The van der Waals surface area contributed by atoms with Crippen LogP contribution in [0.4, 0.5) is 17.1 Å². The smallest absolute Gasteiger partial charge is 0.295 e. The third kappa shape index (κ3) is 4.05. The monoisotopic (exact) mass is 467 g/mol. The van der Waals surface area contributed by atoms with Gasteiger partial charge < -0.3 is 15.1 Å². The molecule has 5 rings (SSSR count). The molecule has 0 radical (unpaired) electrons. The zero-order valence-corrected chi connectivity index (χ0v) is 19.7. The van der Waals surface area contributed by atoms with Crippen molar-refractivity contribution in [1.82, 2.24) is 0 Å². The van der Waals surface area contributed by atoms with Crippen LogP contribution < -0.4 is 15.5 Å². The lowest BCUT2D eigenvalue weighted by Crippen LogP contribution is -2.52. The Morgan fingerprint density at radius 1 is 0.971 bits per heavy atom. The zero-order chi connectivity index (χ0) is 24.7. The zero-order valence-electron chi connectivity index (χ0n) is 19.7. The van der Waals surface area contributed by atoms with E-state index in [9.17, 15) is 14.4 Å². The predicted molar refractivity (Wildman–Crippen MR) is 136 cm³/mol. The van der Waals surface area contributed by atoms with Crippen LogP contribution in [0.2, 0.25) is 0 Å². The first-order valence-corrected chi connectivity index (χ1v) is 11.4. The molecule has 0 saturated heterocycles. The highest BCUT2D eigenvalue weighted by Gasteiger charge is 2.40. The quantitative estimate of drug-likeness (QED) is 0.423. The number of benzene rings is 3. The molecule has 7 nitrogen and oxygen atoms in total. The number of furan rings is 1. The lowest BCUT2D eigenvalue weighted by Gasteiger charge is -2.35. The van der Waals surface area contributed by atoms with Crippen LogP contribution in [0.15, 0.2) is 71.1 Å². The molecule has 35 heavy (non-hydrogen) atoms. The van der Waals surface area contributed by atoms with E-state index in [1.807, 2.05) is 57.2 Å². The van der Waals surface area contributed by atoms with Gasteiger partial charge in [0.15, 0.2) is 5.76 Å². The van der Waals surface area contributed by atoms with Gasteiger partial charge in [-0.15, -0.1) is 0 Å². The maximum absolute atomic E-state index is 13.9. The summed E-state index contributed by atoms with van der Waals surface area (Å²) in [6, 6.07) is 19.0. The summed E-state index contributed by atoms with van der Waals surface area (Å²) in [5.41, 5.74) is 5.10. The van der Waals surface area contributed by atoms with Gasteiger partial charge in [0.1, 0.15) is 11.6 Å². The first-order chi connectivity index (χ1) is 16.8. The number of anilines is 3. The van der Waals surface area contributed by atoms with Crippen molar-refractivity contribution in [2.24, 2.45) is 0 Å². The van der Waals surface area contributed by atoms with Crippen molar-refractivity contribution in [2.75, 3.05) is 15.5 Å². The maximum atomic E-state index is 13.9. The van der Waals surface area contributed by atoms with Crippen molar-refractivity contribution in [3.05, 3.63) is 89.2 Å². The fraction of sp³-hybridized carbons (Fsp3) is 0.179. The molecule has 0 spiro atoms. The van der Waals surface area contributed by atoms with Gasteiger partial charge in [0.2, 0.25) is 11.8 Å². The topological polar surface area (TPSA) is 91.7 Å². The van der Waals surface area contributed by atoms with Crippen LogP contribution in [0, 0.1) is 20.8 Å². The van der Waals surface area contributed by atoms with Gasteiger partial charge in [0.05, 0.1) is 17.8 Å². The minimum atomic E-state index is -1.04. The van der Waals surface area contributed by atoms with Gasteiger partial charge in [0.25, 0.3) is 5.91 Å². The van der Waals surface area contributed by atoms with Gasteiger partial charge in [-0.1, -0.05) is 36.4 Å². The molecule has 0 fully saturated rings. The Bertz CT molecular complexity index is 1490. The Labute approximate surface area is 202 Å². The van der Waals surface area contributed by atoms with E-state index in [2.05, 4.69) is 10.6 Å². The van der Waals surface area contributed by atoms with Gasteiger partial charge in [-0.2, -0.15) is 0 Å². The number of hydrogen-bond donors (Lipinski definition) is 2. The van der Waals surface area contributed by atoms with Crippen molar-refractivity contribution in [3.63, 3.8) is 0 Å². The summed E-state index contributed by atoms with van der Waals surface area (Å²) in [6.07, 6.45) is -0.210. The summed E-state index contributed by atoms with van der Waals surface area (Å²) in [5, 5.41) is 6.51. The fourth-order valence-corrected chi connectivity index (χ4v) is 4.42. The van der Waals surface area contributed by atoms with Gasteiger partial charge in [-0.05, 0) is 62.2 Å². The van der Waals surface area contributed by atoms with Crippen LogP contribution in [0.3, 0.4) is 0 Å². The number of rotatable bonds is 4. The molecule has 1 aliphatic heterocycles. The van der Waals surface area contributed by atoms with Crippen LogP contribution >= 0.6 is 0 Å². The van der Waals surface area contributed by atoms with E-state index in [0.29, 0.717) is 28.2 Å². The molecule has 0 bridgehead atoms. The summed E-state index contributed by atoms with van der Waals surface area (Å²) in [7, 11) is 0. The normalized spacial score (nSPS) is 15.0. The molecule has 0 aliphatic carbocycles. The second-order valence-electron chi connectivity index (χ2n) is 8.80. The minimum Gasteiger partial charge on any atom is -0.451 e. The lowest BCUT2D eigenvalue weighted by atomic mass is 10.0. The highest BCUT2D eigenvalue weighted by Crippen LogP contribution is 2.36. The molecule has 1 aliphatic rings. The molecule has 176 valence electrons. The van der Waals surface area contributed by atoms with Crippen molar-refractivity contribution >= 4 is 45.8 Å². The van der Waals surface area contributed by atoms with Gasteiger partial charge in [0, 0.05) is 16.6 Å². The van der Waals surface area contributed by atoms with E-state index < -0.39 is 17.9 Å². The van der Waals surface area contributed by atoms with Gasteiger partial charge >= 0.3 is 0 Å². The van der Waals surface area contributed by atoms with E-state index >= 15 is 0 Å². The number of fused-ring (bicyclic) bond motifs is 2. The van der Waals surface area contributed by atoms with Crippen LogP contribution in [-0.2, 0) is 9.59 Å². The third-order valence-corrected chi connectivity index (χ3v) is 6.46. The predicted octanol–water partition coefficient (Wildman–Crippen LogP) is 5.35. The number of aryl methyl sites for hydroxylation is 3. The van der Waals surface area contributed by atoms with Crippen LogP contribution in [0.25, 0.3) is 11.0 Å². The summed E-state index contributed by atoms with van der Waals surface area (Å²) < 4.78 is 5.91. The Morgan fingerprint density at radius 2 is 1.71 bits per heavy atom. The molecular weight excluding hydrogens is 442 g/mol. The highest BCUT2D eigenvalue weighted by molar-refractivity contribution is 6.18. The summed E-state index contributed by atoms with van der Waals surface area (Å²) >= 11 is 0. The van der Waals surface area contributed by atoms with Crippen LogP contribution in [0.1, 0.15) is 33.7 Å². The third-order valence-electron chi connectivity index (χ3n) is 6.46. The first kappa shape index (κ1) is 22.4. The fourth-order valence-electron chi connectivity index (χ4n) is 4.42. The molecule has 2 heterocycles. The number of para-hydroxylation sites is 3. The Hall–Kier alpha value is -4.39. The second kappa shape index (κ2) is 8.76. The van der Waals surface area contributed by atoms with Crippen molar-refractivity contribution in [1.29, 1.82) is 0 Å². The molecule has 0 saturated carbocycles. The molecule has 2 N–H and O–H groups in total. The van der Waals surface area contributed by atoms with E-state index in [-0.39, 0.29) is 18.1 Å². The largest absolute Gasteiger partial charge is 0.451 e. The van der Waals surface area contributed by atoms with E-state index in [1.165, 1.54) is 4.90 Å². The lowest BCUT2D eigenvalue weighted by molar-refractivity contribution is -0.122. The molecule has 1 unspecified atom stereocenters. The summed E-state index contributed by atoms with van der Waals surface area (Å²) in [4.78, 5) is 41.4. The Kier molecular flexibility index (Phi) is 5.61. The summed E-state index contributed by atoms with van der Waals surface area (Å²) in [6.45, 7) is 5.78. The van der Waals surface area contributed by atoms with E-state index in [4.69, 9.17) is 4.42 Å². The van der Waals surface area contributed by atoms with Gasteiger partial charge in [-0.25, -0.2) is 0 Å². The molecule has 3 aromatic carbocycles. The van der Waals surface area contributed by atoms with Gasteiger partial charge in [-0.3, -0.25) is 19.3 Å². The molecule has 1 atom stereocenters. The minimum absolute atomic E-state index is 0.148. The maximum Gasteiger partial charge on any atom is 0.295 e. The number of hydrogen-bond acceptors (Lipinski definition) is 4. The Balaban J connectivity index is 1.50. The van der Waals surface area contributed by atoms with Crippen LogP contribution in [0.5, 0.6) is 0 Å². The highest BCUT2D eigenvalue weighted by atomic mass is 16.3. The number of nitrogens with one attached hydrogen (secondary N) is 2. The number of carbonyl (C=O) groups excluding carboxylic acids is 3. The Morgan fingerprint density at radius 3 is 2.49 bits per heavy atom. The van der Waals surface area contributed by atoms with E-state index in [0.717, 1.165) is 16.5 Å². The molecule has 7 heteroatoms. The molecule has 1 aromatic heterocycles. The molecular formula is C28H25N3O4. The average molecular weight is 468 g/mol. The van der Waals surface area contributed by atoms with Crippen molar-refractivity contribution in [3.8, 4) is 0 Å². The number of carbonyl (C=O) groups is 3. The van der Waals surface area contributed by atoms with Crippen LogP contribution in [-0.4, -0.2) is 23.8 Å². The first-order valence-electron chi connectivity index (χ1n) is 11.4. The standard InChI is InChI=1S/C28H25N3O4/c1-16-12-13-19(14-17(16)2)29-25(32)15-23-27(33)30-21-9-5-6-10-22(21)31(23)28(34)26-18(3)20-8-4-7-11-24(20)35-26/h4-14,23H,15H2,1-3H3,(H,29,32)(H,30,33). The second-order valence-corrected chi connectivity index (χ2v) is 8.80.